The summed E-state index contributed by atoms with van der Waals surface area (Å²) < 4.78 is 0. The van der Waals surface area contributed by atoms with Crippen LogP contribution in [0.1, 0.15) is 45.5 Å². The average Bonchev–Trinajstić information content (AvgIpc) is 2.77. The molecule has 23 heavy (non-hydrogen) atoms. The Morgan fingerprint density at radius 3 is 2.57 bits per heavy atom. The molecule has 2 heterocycles. The normalized spacial score (nSPS) is 20.7. The average molecular weight is 316 g/mol. The summed E-state index contributed by atoms with van der Waals surface area (Å²) in [5.74, 6) is -2.02. The third-order valence-electron chi connectivity index (χ3n) is 4.13. The van der Waals surface area contributed by atoms with Crippen LogP contribution in [0.15, 0.2) is 18.2 Å². The van der Waals surface area contributed by atoms with Crippen LogP contribution in [0.2, 0.25) is 0 Å². The maximum Gasteiger partial charge on any atom is 0.262 e. The van der Waals surface area contributed by atoms with Crippen LogP contribution in [-0.2, 0) is 16.0 Å². The van der Waals surface area contributed by atoms with Crippen LogP contribution in [0, 0.1) is 0 Å². The number of rotatable bonds is 4. The number of aliphatic hydroxyl groups is 1. The number of hydrogen-bond donors (Lipinski definition) is 2. The minimum atomic E-state index is -0.944. The number of piperidine rings is 1. The monoisotopic (exact) mass is 316 g/mol. The Bertz CT molecular complexity index is 712. The van der Waals surface area contributed by atoms with Gasteiger partial charge in [-0.2, -0.15) is 0 Å². The smallest absolute Gasteiger partial charge is 0.262 e. The molecule has 0 aliphatic carbocycles. The number of carbonyl (C=O) groups is 4. The van der Waals surface area contributed by atoms with Crippen molar-refractivity contribution in [1.82, 2.24) is 10.2 Å². The van der Waals surface area contributed by atoms with Gasteiger partial charge in [0.25, 0.3) is 11.8 Å². The van der Waals surface area contributed by atoms with Crippen LogP contribution in [0.25, 0.3) is 0 Å². The van der Waals surface area contributed by atoms with Crippen molar-refractivity contribution in [2.75, 3.05) is 6.61 Å². The van der Waals surface area contributed by atoms with Gasteiger partial charge in [-0.1, -0.05) is 6.07 Å². The predicted octanol–water partition coefficient (Wildman–Crippen LogP) is 0.0127. The standard InChI is InChI=1S/C16H16N2O5/c19-7-1-2-9-3-4-10-11(8-9)16(23)18(15(10)22)12-5-6-13(20)17-14(12)21/h3-4,8,12,19H,1-2,5-7H2,(H,17,20,21). The summed E-state index contributed by atoms with van der Waals surface area (Å²) in [6, 6.07) is 4.01. The zero-order valence-electron chi connectivity index (χ0n) is 12.4. The SMILES string of the molecule is O=C1CCC(N2C(=O)c3ccc(CCCO)cc3C2=O)C(=O)N1. The molecule has 1 unspecified atom stereocenters. The van der Waals surface area contributed by atoms with E-state index in [2.05, 4.69) is 5.32 Å². The number of nitrogens with one attached hydrogen (secondary N) is 1. The molecule has 4 amide bonds. The summed E-state index contributed by atoms with van der Waals surface area (Å²) in [6.45, 7) is 0.0480. The molecule has 7 heteroatoms. The topological polar surface area (TPSA) is 104 Å². The summed E-state index contributed by atoms with van der Waals surface area (Å²) in [4.78, 5) is 49.1. The van der Waals surface area contributed by atoms with Crippen LogP contribution in [0.3, 0.4) is 0 Å². The van der Waals surface area contributed by atoms with E-state index in [-0.39, 0.29) is 30.6 Å². The van der Waals surface area contributed by atoms with E-state index in [1.54, 1.807) is 18.2 Å². The number of hydrogen-bond acceptors (Lipinski definition) is 5. The van der Waals surface area contributed by atoms with Crippen molar-refractivity contribution in [2.24, 2.45) is 0 Å². The fourth-order valence-corrected chi connectivity index (χ4v) is 2.96. The van der Waals surface area contributed by atoms with Crippen molar-refractivity contribution in [1.29, 1.82) is 0 Å². The summed E-state index contributed by atoms with van der Waals surface area (Å²) >= 11 is 0. The lowest BCUT2D eigenvalue weighted by Gasteiger charge is -2.27. The van der Waals surface area contributed by atoms with Crippen molar-refractivity contribution in [3.8, 4) is 0 Å². The zero-order chi connectivity index (χ0) is 16.6. The van der Waals surface area contributed by atoms with Gasteiger partial charge >= 0.3 is 0 Å². The molecule has 0 spiro atoms. The van der Waals surface area contributed by atoms with E-state index in [4.69, 9.17) is 5.11 Å². The Morgan fingerprint density at radius 1 is 1.13 bits per heavy atom. The van der Waals surface area contributed by atoms with Gasteiger partial charge in [0.05, 0.1) is 11.1 Å². The first kappa shape index (κ1) is 15.4. The molecular formula is C16H16N2O5. The molecule has 2 aliphatic rings. The fraction of sp³-hybridized carbons (Fsp3) is 0.375. The van der Waals surface area contributed by atoms with Gasteiger partial charge in [-0.15, -0.1) is 0 Å². The molecule has 120 valence electrons. The van der Waals surface area contributed by atoms with Crippen molar-refractivity contribution in [3.05, 3.63) is 34.9 Å². The van der Waals surface area contributed by atoms with Crippen LogP contribution >= 0.6 is 0 Å². The first-order chi connectivity index (χ1) is 11.0. The number of amides is 4. The Hall–Kier alpha value is -2.54. The quantitative estimate of drug-likeness (QED) is 0.762. The highest BCUT2D eigenvalue weighted by Crippen LogP contribution is 2.28. The summed E-state index contributed by atoms with van der Waals surface area (Å²) in [7, 11) is 0. The van der Waals surface area contributed by atoms with Crippen LogP contribution < -0.4 is 5.32 Å². The Balaban J connectivity index is 1.88. The second-order valence-electron chi connectivity index (χ2n) is 5.65. The molecule has 0 bridgehead atoms. The van der Waals surface area contributed by atoms with Gasteiger partial charge in [-0.05, 0) is 37.0 Å². The molecule has 7 nitrogen and oxygen atoms in total. The number of imide groups is 2. The van der Waals surface area contributed by atoms with Crippen LogP contribution in [0.4, 0.5) is 0 Å². The Kier molecular flexibility index (Phi) is 3.96. The van der Waals surface area contributed by atoms with Crippen molar-refractivity contribution < 1.29 is 24.3 Å². The second-order valence-corrected chi connectivity index (χ2v) is 5.65. The maximum atomic E-state index is 12.6. The molecule has 1 saturated heterocycles. The number of carbonyl (C=O) groups excluding carboxylic acids is 4. The summed E-state index contributed by atoms with van der Waals surface area (Å²) in [6.07, 6.45) is 1.42. The fourth-order valence-electron chi connectivity index (χ4n) is 2.96. The van der Waals surface area contributed by atoms with Gasteiger partial charge in [0.15, 0.2) is 0 Å². The van der Waals surface area contributed by atoms with Gasteiger partial charge in [-0.25, -0.2) is 0 Å². The number of benzene rings is 1. The molecule has 1 fully saturated rings. The molecule has 1 aromatic carbocycles. The van der Waals surface area contributed by atoms with E-state index in [1.807, 2.05) is 0 Å². The van der Waals surface area contributed by atoms with Gasteiger partial charge in [0.1, 0.15) is 6.04 Å². The number of aryl methyl sites for hydroxylation is 1. The second kappa shape index (κ2) is 5.92. The summed E-state index contributed by atoms with van der Waals surface area (Å²) in [5, 5.41) is 11.0. The molecule has 0 saturated carbocycles. The number of fused-ring (bicyclic) bond motifs is 1. The molecule has 1 atom stereocenters. The zero-order valence-corrected chi connectivity index (χ0v) is 12.4. The highest BCUT2D eigenvalue weighted by Gasteiger charge is 2.44. The van der Waals surface area contributed by atoms with E-state index in [9.17, 15) is 19.2 Å². The largest absolute Gasteiger partial charge is 0.396 e. The van der Waals surface area contributed by atoms with Crippen molar-refractivity contribution in [3.63, 3.8) is 0 Å². The highest BCUT2D eigenvalue weighted by molar-refractivity contribution is 6.23. The lowest BCUT2D eigenvalue weighted by atomic mass is 10.0. The molecule has 1 aromatic rings. The third-order valence-corrected chi connectivity index (χ3v) is 4.13. The van der Waals surface area contributed by atoms with E-state index >= 15 is 0 Å². The van der Waals surface area contributed by atoms with E-state index in [0.29, 0.717) is 12.8 Å². The highest BCUT2D eigenvalue weighted by atomic mass is 16.3. The number of aliphatic hydroxyl groups excluding tert-OH is 1. The maximum absolute atomic E-state index is 12.6. The Morgan fingerprint density at radius 2 is 1.87 bits per heavy atom. The van der Waals surface area contributed by atoms with E-state index in [1.165, 1.54) is 0 Å². The first-order valence-electron chi connectivity index (χ1n) is 7.48. The molecule has 2 N–H and O–H groups in total. The van der Waals surface area contributed by atoms with Gasteiger partial charge in [-0.3, -0.25) is 29.4 Å². The van der Waals surface area contributed by atoms with E-state index < -0.39 is 29.7 Å². The lowest BCUT2D eigenvalue weighted by molar-refractivity contribution is -0.136. The minimum absolute atomic E-state index is 0.0480. The van der Waals surface area contributed by atoms with E-state index in [0.717, 1.165) is 10.5 Å². The predicted molar refractivity (Wildman–Crippen MR) is 78.5 cm³/mol. The third kappa shape index (κ3) is 2.63. The molecule has 2 aliphatic heterocycles. The number of nitrogens with zero attached hydrogens (tertiary/aromatic N) is 1. The van der Waals surface area contributed by atoms with Gasteiger partial charge < -0.3 is 5.11 Å². The molecule has 0 radical (unpaired) electrons. The minimum Gasteiger partial charge on any atom is -0.396 e. The molecule has 0 aromatic heterocycles. The van der Waals surface area contributed by atoms with Crippen LogP contribution in [-0.4, -0.2) is 46.3 Å². The molecule has 3 rings (SSSR count). The van der Waals surface area contributed by atoms with Crippen LogP contribution in [0.5, 0.6) is 0 Å². The van der Waals surface area contributed by atoms with Crippen molar-refractivity contribution >= 4 is 23.6 Å². The lowest BCUT2D eigenvalue weighted by Crippen LogP contribution is -2.54. The Labute approximate surface area is 132 Å². The summed E-state index contributed by atoms with van der Waals surface area (Å²) in [5.41, 5.74) is 1.40. The van der Waals surface area contributed by atoms with Gasteiger partial charge in [0.2, 0.25) is 11.8 Å². The van der Waals surface area contributed by atoms with Gasteiger partial charge in [0, 0.05) is 13.0 Å². The first-order valence-corrected chi connectivity index (χ1v) is 7.48. The van der Waals surface area contributed by atoms with Crippen molar-refractivity contribution in [2.45, 2.75) is 31.7 Å². The molecular weight excluding hydrogens is 300 g/mol.